The average Bonchev–Trinajstić information content (AvgIpc) is 3.36. The lowest BCUT2D eigenvalue weighted by Crippen LogP contribution is -2.65. The van der Waals surface area contributed by atoms with Crippen molar-refractivity contribution in [2.75, 3.05) is 33.2 Å². The number of ether oxygens (including phenoxy) is 1. The van der Waals surface area contributed by atoms with Gasteiger partial charge in [0.05, 0.1) is 36.9 Å². The van der Waals surface area contributed by atoms with Crippen LogP contribution < -0.4 is 10.6 Å². The van der Waals surface area contributed by atoms with Crippen LogP contribution in [0, 0.1) is 22.7 Å². The lowest BCUT2D eigenvalue weighted by atomic mass is 9.70. The van der Waals surface area contributed by atoms with Gasteiger partial charge < -0.3 is 30.3 Å². The lowest BCUT2D eigenvalue weighted by Gasteiger charge is -2.50. The maximum atomic E-state index is 14.1. The number of phenols is 1. The summed E-state index contributed by atoms with van der Waals surface area (Å²) in [7, 11) is 1.49. The Morgan fingerprint density at radius 3 is 2.35 bits per heavy atom. The first kappa shape index (κ1) is 33.2. The highest BCUT2D eigenvalue weighted by atomic mass is 16.5. The zero-order chi connectivity index (χ0) is 34.2. The molecule has 3 fully saturated rings. The molecule has 2 aliphatic heterocycles. The van der Waals surface area contributed by atoms with Gasteiger partial charge in [-0.05, 0) is 42.0 Å². The molecule has 0 radical (unpaired) electrons. The monoisotopic (exact) mass is 656 g/mol. The van der Waals surface area contributed by atoms with E-state index < -0.39 is 29.4 Å². The van der Waals surface area contributed by atoms with Gasteiger partial charge >= 0.3 is 0 Å². The number of aromatic hydroxyl groups is 1. The minimum atomic E-state index is -1.01. The van der Waals surface area contributed by atoms with E-state index >= 15 is 0 Å². The van der Waals surface area contributed by atoms with Gasteiger partial charge in [-0.1, -0.05) is 56.3 Å². The molecule has 2 saturated heterocycles. The molecule has 0 unspecified atom stereocenters. The van der Waals surface area contributed by atoms with Crippen LogP contribution >= 0.6 is 0 Å². The third-order valence-corrected chi connectivity index (χ3v) is 10.2. The molecule has 3 aromatic rings. The summed E-state index contributed by atoms with van der Waals surface area (Å²) in [5, 5.41) is 19.7. The van der Waals surface area contributed by atoms with Crippen molar-refractivity contribution in [3.8, 4) is 5.75 Å². The topological polar surface area (TPSA) is 146 Å². The van der Waals surface area contributed by atoms with Gasteiger partial charge in [0, 0.05) is 50.8 Å². The SMILES string of the molecule is CNC(=O)[C@@H](NC(=O)[C@@H]1CN(C(=O)c2cnn(Cc3ccccc3)c2)CC12CN(C(=O)[C@H]1CC1(C)C)C2)[C@@H](C)OCc1cccc(O)c1. The number of aromatic nitrogens is 2. The fourth-order valence-electron chi connectivity index (χ4n) is 7.07. The van der Waals surface area contributed by atoms with E-state index in [1.54, 1.807) is 53.2 Å². The lowest BCUT2D eigenvalue weighted by molar-refractivity contribution is -0.152. The summed E-state index contributed by atoms with van der Waals surface area (Å²) in [4.78, 5) is 57.7. The smallest absolute Gasteiger partial charge is 0.257 e. The van der Waals surface area contributed by atoms with Crippen molar-refractivity contribution in [3.05, 3.63) is 83.7 Å². The van der Waals surface area contributed by atoms with Gasteiger partial charge in [-0.3, -0.25) is 23.9 Å². The predicted molar refractivity (Wildman–Crippen MR) is 176 cm³/mol. The molecule has 3 heterocycles. The molecule has 6 rings (SSSR count). The number of rotatable bonds is 11. The highest BCUT2D eigenvalue weighted by molar-refractivity contribution is 5.95. The van der Waals surface area contributed by atoms with Crippen molar-refractivity contribution in [1.29, 1.82) is 0 Å². The Hall–Kier alpha value is -4.71. The second kappa shape index (κ2) is 13.1. The molecular weight excluding hydrogens is 612 g/mol. The van der Waals surface area contributed by atoms with Crippen molar-refractivity contribution in [2.24, 2.45) is 22.7 Å². The molecule has 254 valence electrons. The summed E-state index contributed by atoms with van der Waals surface area (Å²) < 4.78 is 7.69. The van der Waals surface area contributed by atoms with E-state index in [9.17, 15) is 24.3 Å². The van der Waals surface area contributed by atoms with E-state index in [0.29, 0.717) is 31.7 Å². The van der Waals surface area contributed by atoms with E-state index in [2.05, 4.69) is 29.6 Å². The summed E-state index contributed by atoms with van der Waals surface area (Å²) in [6.07, 6.45) is 3.39. The third-order valence-electron chi connectivity index (χ3n) is 10.2. The van der Waals surface area contributed by atoms with Crippen LogP contribution in [0.2, 0.25) is 0 Å². The first-order valence-corrected chi connectivity index (χ1v) is 16.4. The molecule has 12 heteroatoms. The molecule has 1 aliphatic carbocycles. The van der Waals surface area contributed by atoms with Crippen LogP contribution in [-0.4, -0.2) is 93.7 Å². The molecule has 2 aromatic carbocycles. The molecular formula is C36H44N6O6. The average molecular weight is 657 g/mol. The van der Waals surface area contributed by atoms with Gasteiger partial charge in [-0.2, -0.15) is 5.10 Å². The van der Waals surface area contributed by atoms with Gasteiger partial charge in [0.25, 0.3) is 5.91 Å². The normalized spacial score (nSPS) is 21.7. The Labute approximate surface area is 280 Å². The Kier molecular flexibility index (Phi) is 9.04. The number of amides is 4. The van der Waals surface area contributed by atoms with Gasteiger partial charge in [-0.15, -0.1) is 0 Å². The number of carbonyl (C=O) groups is 4. The number of likely N-dealkylation sites (tertiary alicyclic amines) is 2. The second-order valence-electron chi connectivity index (χ2n) is 14.2. The highest BCUT2D eigenvalue weighted by Crippen LogP contribution is 2.54. The van der Waals surface area contributed by atoms with Gasteiger partial charge in [0.1, 0.15) is 11.8 Å². The molecule has 3 N–H and O–H groups in total. The molecule has 1 aromatic heterocycles. The Bertz CT molecular complexity index is 1680. The fraction of sp³-hybridized carbons (Fsp3) is 0.472. The zero-order valence-corrected chi connectivity index (χ0v) is 27.9. The number of likely N-dealkylation sites (N-methyl/N-ethyl adjacent to an activating group) is 1. The number of nitrogens with one attached hydrogen (secondary N) is 2. The van der Waals surface area contributed by atoms with Crippen molar-refractivity contribution in [1.82, 2.24) is 30.2 Å². The second-order valence-corrected chi connectivity index (χ2v) is 14.2. The van der Waals surface area contributed by atoms with Gasteiger partial charge in [-0.25, -0.2) is 0 Å². The van der Waals surface area contributed by atoms with E-state index in [1.165, 1.54) is 7.05 Å². The summed E-state index contributed by atoms with van der Waals surface area (Å²) in [6.45, 7) is 7.69. The molecule has 0 bridgehead atoms. The third kappa shape index (κ3) is 6.80. The quantitative estimate of drug-likeness (QED) is 0.287. The zero-order valence-electron chi connectivity index (χ0n) is 27.9. The number of hydrogen-bond donors (Lipinski definition) is 3. The number of carbonyl (C=O) groups excluding carboxylic acids is 4. The van der Waals surface area contributed by atoms with E-state index in [0.717, 1.165) is 17.5 Å². The minimum absolute atomic E-state index is 0.0242. The summed E-state index contributed by atoms with van der Waals surface area (Å²) in [6, 6.07) is 15.5. The van der Waals surface area contributed by atoms with Crippen LogP contribution in [0.4, 0.5) is 0 Å². The highest BCUT2D eigenvalue weighted by Gasteiger charge is 2.62. The first-order valence-electron chi connectivity index (χ1n) is 16.4. The van der Waals surface area contributed by atoms with Crippen molar-refractivity contribution in [2.45, 2.75) is 52.5 Å². The van der Waals surface area contributed by atoms with Crippen molar-refractivity contribution < 1.29 is 29.0 Å². The number of nitrogens with zero attached hydrogens (tertiary/aromatic N) is 4. The minimum Gasteiger partial charge on any atom is -0.508 e. The predicted octanol–water partition coefficient (Wildman–Crippen LogP) is 2.42. The molecule has 1 saturated carbocycles. The van der Waals surface area contributed by atoms with Crippen molar-refractivity contribution in [3.63, 3.8) is 0 Å². The van der Waals surface area contributed by atoms with E-state index in [-0.39, 0.29) is 48.0 Å². The molecule has 12 nitrogen and oxygen atoms in total. The fourth-order valence-corrected chi connectivity index (χ4v) is 7.07. The first-order chi connectivity index (χ1) is 22.9. The Balaban J connectivity index is 1.18. The Morgan fingerprint density at radius 1 is 1.00 bits per heavy atom. The van der Waals surface area contributed by atoms with Crippen LogP contribution in [0.1, 0.15) is 48.7 Å². The maximum Gasteiger partial charge on any atom is 0.257 e. The number of hydrogen-bond acceptors (Lipinski definition) is 7. The van der Waals surface area contributed by atoms with Gasteiger partial charge in [0.15, 0.2) is 0 Å². The van der Waals surface area contributed by atoms with Crippen LogP contribution in [0.25, 0.3) is 0 Å². The van der Waals surface area contributed by atoms with E-state index in [4.69, 9.17) is 4.74 Å². The van der Waals surface area contributed by atoms with Crippen LogP contribution in [-0.2, 0) is 32.3 Å². The van der Waals surface area contributed by atoms with Crippen LogP contribution in [0.3, 0.4) is 0 Å². The molecule has 4 atom stereocenters. The van der Waals surface area contributed by atoms with Gasteiger partial charge in [0.2, 0.25) is 17.7 Å². The Morgan fingerprint density at radius 2 is 1.69 bits per heavy atom. The molecule has 1 spiro atoms. The maximum absolute atomic E-state index is 14.1. The van der Waals surface area contributed by atoms with E-state index in [1.807, 2.05) is 35.2 Å². The molecule has 4 amide bonds. The number of benzene rings is 2. The van der Waals surface area contributed by atoms with Crippen molar-refractivity contribution >= 4 is 23.6 Å². The standard InChI is InChI=1S/C36H44N6O6/c1-23(48-19-25-11-8-12-27(43)13-25)30(32(45)37-4)39-31(44)29-18-40(20-36(29)21-41(22-36)34(47)28-14-35(28,2)3)33(46)26-15-38-42(17-26)16-24-9-6-5-7-10-24/h5-13,15,17,23,28-30,43H,14,16,18-22H2,1-4H3,(H,37,45)(H,39,44)/t23-,28-,29+,30+/m1/s1. The summed E-state index contributed by atoms with van der Waals surface area (Å²) >= 11 is 0. The van der Waals surface area contributed by atoms with Crippen LogP contribution in [0.15, 0.2) is 67.0 Å². The summed E-state index contributed by atoms with van der Waals surface area (Å²) in [5.41, 5.74) is 1.53. The molecule has 3 aliphatic rings. The summed E-state index contributed by atoms with van der Waals surface area (Å²) in [5.74, 6) is -1.50. The largest absolute Gasteiger partial charge is 0.508 e. The van der Waals surface area contributed by atoms with Crippen LogP contribution in [0.5, 0.6) is 5.75 Å². The number of phenolic OH excluding ortho intramolecular Hbond substituents is 1. The molecule has 48 heavy (non-hydrogen) atoms.